The highest BCUT2D eigenvalue weighted by atomic mass is 16.5. The Morgan fingerprint density at radius 2 is 2.08 bits per heavy atom. The molecule has 0 saturated carbocycles. The van der Waals surface area contributed by atoms with Crippen LogP contribution < -0.4 is 0 Å². The SMILES string of the molecule is CCC(CCCCCO)OC(C)=O. The van der Waals surface area contributed by atoms with Gasteiger partial charge in [0, 0.05) is 13.5 Å². The van der Waals surface area contributed by atoms with Gasteiger partial charge in [0.15, 0.2) is 0 Å². The molecule has 0 aliphatic heterocycles. The lowest BCUT2D eigenvalue weighted by Crippen LogP contribution is -2.15. The first-order valence-corrected chi connectivity index (χ1v) is 4.98. The maximum absolute atomic E-state index is 10.6. The smallest absolute Gasteiger partial charge is 0.302 e. The summed E-state index contributed by atoms with van der Waals surface area (Å²) >= 11 is 0. The topological polar surface area (TPSA) is 46.5 Å². The first kappa shape index (κ1) is 12.4. The number of hydrogen-bond donors (Lipinski definition) is 1. The second-order valence-electron chi connectivity index (χ2n) is 3.21. The number of rotatable bonds is 7. The number of carbonyl (C=O) groups is 1. The van der Waals surface area contributed by atoms with Gasteiger partial charge in [-0.25, -0.2) is 0 Å². The van der Waals surface area contributed by atoms with E-state index in [0.29, 0.717) is 0 Å². The lowest BCUT2D eigenvalue weighted by Gasteiger charge is -2.14. The van der Waals surface area contributed by atoms with Crippen molar-refractivity contribution in [3.63, 3.8) is 0 Å². The Morgan fingerprint density at radius 1 is 1.38 bits per heavy atom. The average Bonchev–Trinajstić information content (AvgIpc) is 2.09. The van der Waals surface area contributed by atoms with Gasteiger partial charge in [0.2, 0.25) is 0 Å². The van der Waals surface area contributed by atoms with E-state index in [1.165, 1.54) is 6.92 Å². The molecule has 0 aliphatic rings. The number of aliphatic hydroxyl groups is 1. The van der Waals surface area contributed by atoms with E-state index in [1.54, 1.807) is 0 Å². The van der Waals surface area contributed by atoms with Crippen molar-refractivity contribution in [2.75, 3.05) is 6.61 Å². The van der Waals surface area contributed by atoms with Crippen molar-refractivity contribution in [1.29, 1.82) is 0 Å². The van der Waals surface area contributed by atoms with Gasteiger partial charge in [-0.1, -0.05) is 13.3 Å². The van der Waals surface area contributed by atoms with Crippen LogP contribution in [0.5, 0.6) is 0 Å². The van der Waals surface area contributed by atoms with Gasteiger partial charge >= 0.3 is 5.97 Å². The standard InChI is InChI=1S/C10H20O3/c1-3-10(13-9(2)12)7-5-4-6-8-11/h10-11H,3-8H2,1-2H3. The van der Waals surface area contributed by atoms with Crippen LogP contribution in [0.25, 0.3) is 0 Å². The highest BCUT2D eigenvalue weighted by molar-refractivity contribution is 5.66. The highest BCUT2D eigenvalue weighted by Gasteiger charge is 2.08. The third-order valence-electron chi connectivity index (χ3n) is 1.97. The molecule has 0 aromatic rings. The van der Waals surface area contributed by atoms with Gasteiger partial charge in [-0.05, 0) is 25.7 Å². The van der Waals surface area contributed by atoms with Crippen molar-refractivity contribution in [2.45, 2.75) is 52.1 Å². The van der Waals surface area contributed by atoms with Crippen LogP contribution in [0, 0.1) is 0 Å². The van der Waals surface area contributed by atoms with Crippen molar-refractivity contribution >= 4 is 5.97 Å². The van der Waals surface area contributed by atoms with E-state index in [9.17, 15) is 4.79 Å². The minimum atomic E-state index is -0.200. The van der Waals surface area contributed by atoms with E-state index in [1.807, 2.05) is 6.92 Å². The van der Waals surface area contributed by atoms with Gasteiger partial charge < -0.3 is 9.84 Å². The summed E-state index contributed by atoms with van der Waals surface area (Å²) in [4.78, 5) is 10.6. The van der Waals surface area contributed by atoms with Crippen LogP contribution in [0.3, 0.4) is 0 Å². The molecule has 0 rings (SSSR count). The zero-order valence-corrected chi connectivity index (χ0v) is 8.58. The summed E-state index contributed by atoms with van der Waals surface area (Å²) < 4.78 is 5.08. The minimum Gasteiger partial charge on any atom is -0.463 e. The van der Waals surface area contributed by atoms with E-state index < -0.39 is 0 Å². The van der Waals surface area contributed by atoms with Gasteiger partial charge in [-0.3, -0.25) is 4.79 Å². The predicted octanol–water partition coefficient (Wildman–Crippen LogP) is 1.88. The number of hydrogen-bond acceptors (Lipinski definition) is 3. The van der Waals surface area contributed by atoms with Gasteiger partial charge in [-0.2, -0.15) is 0 Å². The van der Waals surface area contributed by atoms with Gasteiger partial charge in [0.05, 0.1) is 0 Å². The summed E-state index contributed by atoms with van der Waals surface area (Å²) in [6.45, 7) is 3.71. The van der Waals surface area contributed by atoms with E-state index in [-0.39, 0.29) is 18.7 Å². The fourth-order valence-corrected chi connectivity index (χ4v) is 1.24. The minimum absolute atomic E-state index is 0.0659. The third kappa shape index (κ3) is 7.78. The monoisotopic (exact) mass is 188 g/mol. The quantitative estimate of drug-likeness (QED) is 0.490. The summed E-state index contributed by atoms with van der Waals surface area (Å²) in [6, 6.07) is 0. The largest absolute Gasteiger partial charge is 0.463 e. The predicted molar refractivity (Wildman–Crippen MR) is 51.4 cm³/mol. The van der Waals surface area contributed by atoms with Crippen molar-refractivity contribution in [2.24, 2.45) is 0 Å². The molecule has 3 nitrogen and oxygen atoms in total. The van der Waals surface area contributed by atoms with E-state index in [4.69, 9.17) is 9.84 Å². The van der Waals surface area contributed by atoms with Crippen molar-refractivity contribution in [3.8, 4) is 0 Å². The highest BCUT2D eigenvalue weighted by Crippen LogP contribution is 2.09. The molecule has 0 fully saturated rings. The summed E-state index contributed by atoms with van der Waals surface area (Å²) in [7, 11) is 0. The second kappa shape index (κ2) is 8.05. The Bertz CT molecular complexity index is 134. The molecule has 0 spiro atoms. The van der Waals surface area contributed by atoms with Crippen LogP contribution in [0.4, 0.5) is 0 Å². The Morgan fingerprint density at radius 3 is 2.54 bits per heavy atom. The van der Waals surface area contributed by atoms with Gasteiger partial charge in [0.1, 0.15) is 6.10 Å². The molecule has 3 heteroatoms. The zero-order chi connectivity index (χ0) is 10.1. The summed E-state index contributed by atoms with van der Waals surface area (Å²) in [5.41, 5.74) is 0. The molecule has 1 N–H and O–H groups in total. The fourth-order valence-electron chi connectivity index (χ4n) is 1.24. The number of unbranched alkanes of at least 4 members (excludes halogenated alkanes) is 2. The van der Waals surface area contributed by atoms with Crippen molar-refractivity contribution in [1.82, 2.24) is 0 Å². The Hall–Kier alpha value is -0.570. The Kier molecular flexibility index (Phi) is 7.69. The van der Waals surface area contributed by atoms with Crippen molar-refractivity contribution in [3.05, 3.63) is 0 Å². The molecule has 1 unspecified atom stereocenters. The molecule has 0 heterocycles. The molecule has 0 bridgehead atoms. The second-order valence-corrected chi connectivity index (χ2v) is 3.21. The molecule has 1 atom stereocenters. The maximum atomic E-state index is 10.6. The fraction of sp³-hybridized carbons (Fsp3) is 0.900. The number of esters is 1. The van der Waals surface area contributed by atoms with E-state index in [0.717, 1.165) is 32.1 Å². The van der Waals surface area contributed by atoms with E-state index in [2.05, 4.69) is 0 Å². The summed E-state index contributed by atoms with van der Waals surface area (Å²) in [5, 5.41) is 8.55. The van der Waals surface area contributed by atoms with Crippen LogP contribution in [0.2, 0.25) is 0 Å². The van der Waals surface area contributed by atoms with Crippen LogP contribution in [0.1, 0.15) is 46.0 Å². The molecular weight excluding hydrogens is 168 g/mol. The number of carbonyl (C=O) groups excluding carboxylic acids is 1. The first-order chi connectivity index (χ1) is 6.20. The van der Waals surface area contributed by atoms with Crippen molar-refractivity contribution < 1.29 is 14.6 Å². The molecule has 78 valence electrons. The van der Waals surface area contributed by atoms with E-state index >= 15 is 0 Å². The molecule has 0 aromatic heterocycles. The Balaban J connectivity index is 3.42. The molecule has 0 amide bonds. The number of ether oxygens (including phenoxy) is 1. The Labute approximate surface area is 80.1 Å². The zero-order valence-electron chi connectivity index (χ0n) is 8.58. The normalized spacial score (nSPS) is 12.5. The van der Waals surface area contributed by atoms with Crippen LogP contribution >= 0.6 is 0 Å². The van der Waals surface area contributed by atoms with Crippen LogP contribution in [-0.4, -0.2) is 23.8 Å². The molecule has 0 aromatic carbocycles. The average molecular weight is 188 g/mol. The molecule has 13 heavy (non-hydrogen) atoms. The first-order valence-electron chi connectivity index (χ1n) is 4.98. The van der Waals surface area contributed by atoms with Crippen LogP contribution in [-0.2, 0) is 9.53 Å². The molecule has 0 radical (unpaired) electrons. The number of aliphatic hydroxyl groups excluding tert-OH is 1. The lowest BCUT2D eigenvalue weighted by molar-refractivity contribution is -0.146. The maximum Gasteiger partial charge on any atom is 0.302 e. The molecule has 0 saturated heterocycles. The molecule has 0 aliphatic carbocycles. The third-order valence-corrected chi connectivity index (χ3v) is 1.97. The summed E-state index contributed by atoms with van der Waals surface area (Å²) in [5.74, 6) is -0.200. The van der Waals surface area contributed by atoms with Gasteiger partial charge in [-0.15, -0.1) is 0 Å². The molecular formula is C10H20O3. The lowest BCUT2D eigenvalue weighted by atomic mass is 10.1. The summed E-state index contributed by atoms with van der Waals surface area (Å²) in [6.07, 6.45) is 4.72. The van der Waals surface area contributed by atoms with Crippen LogP contribution in [0.15, 0.2) is 0 Å². The van der Waals surface area contributed by atoms with Gasteiger partial charge in [0.25, 0.3) is 0 Å².